The van der Waals surface area contributed by atoms with Gasteiger partial charge < -0.3 is 9.47 Å². The predicted molar refractivity (Wildman–Crippen MR) is 62.1 cm³/mol. The summed E-state index contributed by atoms with van der Waals surface area (Å²) in [6.45, 7) is 2.82. The number of cyclic esters (lactones) is 2. The zero-order chi connectivity index (χ0) is 14.9. The van der Waals surface area contributed by atoms with Crippen LogP contribution >= 0.6 is 0 Å². The number of ether oxygens (including phenoxy) is 2. The third-order valence-electron chi connectivity index (χ3n) is 2.36. The highest BCUT2D eigenvalue weighted by Gasteiger charge is 2.42. The van der Waals surface area contributed by atoms with Crippen molar-refractivity contribution in [3.63, 3.8) is 0 Å². The van der Waals surface area contributed by atoms with Crippen molar-refractivity contribution in [3.8, 4) is 0 Å². The van der Waals surface area contributed by atoms with E-state index in [1.165, 1.54) is 13.8 Å². The van der Waals surface area contributed by atoms with E-state index in [1.807, 2.05) is 0 Å². The van der Waals surface area contributed by atoms with Crippen LogP contribution in [0.4, 0.5) is 14.5 Å². The lowest BCUT2D eigenvalue weighted by Gasteiger charge is -2.31. The monoisotopic (exact) mass is 284 g/mol. The average molecular weight is 284 g/mol. The van der Waals surface area contributed by atoms with Gasteiger partial charge in [-0.1, -0.05) is 0 Å². The molecule has 2 rings (SSSR count). The van der Waals surface area contributed by atoms with E-state index in [4.69, 9.17) is 9.47 Å². The number of pyridine rings is 1. The Bertz CT molecular complexity index is 581. The lowest BCUT2D eigenvalue weighted by atomic mass is 10.1. The maximum atomic E-state index is 12.9. The van der Waals surface area contributed by atoms with Crippen LogP contribution in [0, 0.1) is 17.7 Å². The lowest BCUT2D eigenvalue weighted by Crippen LogP contribution is -2.46. The summed E-state index contributed by atoms with van der Waals surface area (Å²) in [6, 6.07) is 0.780. The maximum absolute atomic E-state index is 12.9. The number of esters is 2. The van der Waals surface area contributed by atoms with Gasteiger partial charge in [-0.15, -0.1) is 0 Å². The quantitative estimate of drug-likeness (QED) is 0.356. The molecule has 20 heavy (non-hydrogen) atoms. The molecule has 106 valence electrons. The molecule has 1 aromatic heterocycles. The number of carbonyl (C=O) groups excluding carboxylic acids is 2. The van der Waals surface area contributed by atoms with Gasteiger partial charge in [0.15, 0.2) is 11.7 Å². The summed E-state index contributed by atoms with van der Waals surface area (Å²) >= 11 is 0. The van der Waals surface area contributed by atoms with E-state index in [-0.39, 0.29) is 5.69 Å². The molecule has 1 aliphatic rings. The second-order valence-corrected chi connectivity index (χ2v) is 4.46. The van der Waals surface area contributed by atoms with Crippen LogP contribution in [0.3, 0.4) is 0 Å². The Morgan fingerprint density at radius 1 is 1.30 bits per heavy atom. The third kappa shape index (κ3) is 2.95. The van der Waals surface area contributed by atoms with Gasteiger partial charge in [0.2, 0.25) is 5.95 Å². The fraction of sp³-hybridized carbons (Fsp3) is 0.333. The van der Waals surface area contributed by atoms with Gasteiger partial charge in [0.05, 0.1) is 11.9 Å². The van der Waals surface area contributed by atoms with Crippen LogP contribution in [0.2, 0.25) is 0 Å². The third-order valence-corrected chi connectivity index (χ3v) is 2.36. The Morgan fingerprint density at radius 3 is 2.45 bits per heavy atom. The first-order valence-corrected chi connectivity index (χ1v) is 5.59. The first-order chi connectivity index (χ1) is 9.28. The highest BCUT2D eigenvalue weighted by atomic mass is 19.2. The molecule has 0 atom stereocenters. The Hall–Kier alpha value is -2.38. The molecular weight excluding hydrogens is 274 g/mol. The van der Waals surface area contributed by atoms with Crippen LogP contribution in [0.15, 0.2) is 17.3 Å². The molecule has 0 bridgehead atoms. The SMILES string of the molecule is CC1(C)OC(=O)C(/C=N/c2cnc(F)c(F)c2)C(=O)O1. The van der Waals surface area contributed by atoms with E-state index in [1.54, 1.807) is 0 Å². The molecule has 6 nitrogen and oxygen atoms in total. The molecule has 1 fully saturated rings. The van der Waals surface area contributed by atoms with Gasteiger partial charge >= 0.3 is 11.9 Å². The van der Waals surface area contributed by atoms with Crippen LogP contribution in [-0.2, 0) is 19.1 Å². The molecule has 0 radical (unpaired) electrons. The van der Waals surface area contributed by atoms with E-state index in [0.717, 1.165) is 18.5 Å². The lowest BCUT2D eigenvalue weighted by molar-refractivity contribution is -0.235. The van der Waals surface area contributed by atoms with Gasteiger partial charge in [-0.3, -0.25) is 14.6 Å². The second-order valence-electron chi connectivity index (χ2n) is 4.46. The van der Waals surface area contributed by atoms with Crippen LogP contribution in [0.25, 0.3) is 0 Å². The molecule has 0 aromatic carbocycles. The van der Waals surface area contributed by atoms with Gasteiger partial charge in [-0.25, -0.2) is 9.37 Å². The summed E-state index contributed by atoms with van der Waals surface area (Å²) in [5, 5.41) is 0. The zero-order valence-corrected chi connectivity index (χ0v) is 10.6. The highest BCUT2D eigenvalue weighted by molar-refractivity contribution is 6.10. The summed E-state index contributed by atoms with van der Waals surface area (Å²) in [7, 11) is 0. The van der Waals surface area contributed by atoms with Gasteiger partial charge in [0, 0.05) is 26.1 Å². The van der Waals surface area contributed by atoms with Gasteiger partial charge in [-0.05, 0) is 0 Å². The Labute approximate surface area is 112 Å². The predicted octanol–water partition coefficient (Wildman–Crippen LogP) is 1.51. The number of hydrogen-bond donors (Lipinski definition) is 0. The molecule has 1 aromatic rings. The van der Waals surface area contributed by atoms with Crippen LogP contribution in [0.5, 0.6) is 0 Å². The highest BCUT2D eigenvalue weighted by Crippen LogP contribution is 2.23. The van der Waals surface area contributed by atoms with Crippen molar-refractivity contribution < 1.29 is 27.8 Å². The Balaban J connectivity index is 2.16. The molecule has 1 aliphatic heterocycles. The minimum atomic E-state index is -1.35. The van der Waals surface area contributed by atoms with Crippen LogP contribution in [0.1, 0.15) is 13.8 Å². The molecule has 0 saturated carbocycles. The minimum absolute atomic E-state index is 0.0469. The van der Waals surface area contributed by atoms with E-state index in [9.17, 15) is 18.4 Å². The van der Waals surface area contributed by atoms with E-state index in [0.29, 0.717) is 0 Å². The van der Waals surface area contributed by atoms with E-state index < -0.39 is 35.4 Å². The molecule has 0 N–H and O–H groups in total. The van der Waals surface area contributed by atoms with Crippen LogP contribution < -0.4 is 0 Å². The van der Waals surface area contributed by atoms with E-state index >= 15 is 0 Å². The Kier molecular flexibility index (Phi) is 3.47. The number of nitrogens with zero attached hydrogens (tertiary/aromatic N) is 2. The number of aliphatic imine (C=N–C) groups is 1. The van der Waals surface area contributed by atoms with Crippen molar-refractivity contribution in [1.29, 1.82) is 0 Å². The second kappa shape index (κ2) is 4.95. The number of carbonyl (C=O) groups is 2. The molecule has 0 amide bonds. The number of aromatic nitrogens is 1. The topological polar surface area (TPSA) is 77.9 Å². The zero-order valence-electron chi connectivity index (χ0n) is 10.6. The molecule has 8 heteroatoms. The maximum Gasteiger partial charge on any atom is 0.329 e. The van der Waals surface area contributed by atoms with Crippen molar-refractivity contribution in [2.24, 2.45) is 10.9 Å². The summed E-state index contributed by atoms with van der Waals surface area (Å²) in [4.78, 5) is 30.0. The number of rotatable bonds is 2. The first kappa shape index (κ1) is 14.0. The summed E-state index contributed by atoms with van der Waals surface area (Å²) in [5.41, 5.74) is -0.0469. The van der Waals surface area contributed by atoms with Crippen molar-refractivity contribution in [2.45, 2.75) is 19.6 Å². The molecule has 2 heterocycles. The normalized spacial score (nSPS) is 19.0. The Morgan fingerprint density at radius 2 is 1.90 bits per heavy atom. The number of halogens is 2. The minimum Gasteiger partial charge on any atom is -0.422 e. The van der Waals surface area contributed by atoms with Crippen molar-refractivity contribution in [3.05, 3.63) is 24.0 Å². The van der Waals surface area contributed by atoms with Crippen molar-refractivity contribution >= 4 is 23.8 Å². The summed E-state index contributed by atoms with van der Waals surface area (Å²) in [5.74, 6) is -6.79. The molecular formula is C12H10F2N2O4. The molecule has 0 aliphatic carbocycles. The fourth-order valence-corrected chi connectivity index (χ4v) is 1.49. The largest absolute Gasteiger partial charge is 0.422 e. The first-order valence-electron chi connectivity index (χ1n) is 5.59. The fourth-order valence-electron chi connectivity index (χ4n) is 1.49. The van der Waals surface area contributed by atoms with Gasteiger partial charge in [-0.2, -0.15) is 4.39 Å². The van der Waals surface area contributed by atoms with E-state index in [2.05, 4.69) is 9.98 Å². The van der Waals surface area contributed by atoms with Crippen molar-refractivity contribution in [2.75, 3.05) is 0 Å². The number of hydrogen-bond acceptors (Lipinski definition) is 6. The molecule has 1 saturated heterocycles. The molecule has 0 unspecified atom stereocenters. The summed E-state index contributed by atoms with van der Waals surface area (Å²) in [6.07, 6.45) is 1.90. The average Bonchev–Trinajstić information content (AvgIpc) is 2.31. The summed E-state index contributed by atoms with van der Waals surface area (Å²) < 4.78 is 35.3. The van der Waals surface area contributed by atoms with Crippen LogP contribution in [-0.4, -0.2) is 28.9 Å². The standard InChI is InChI=1S/C12H10F2N2O4/c1-12(2)19-10(17)7(11(18)20-12)5-15-6-3-8(13)9(14)16-4-6/h3-5,7H,1-2H3/b15-5+. The molecule has 0 spiro atoms. The van der Waals surface area contributed by atoms with Crippen molar-refractivity contribution in [1.82, 2.24) is 4.98 Å². The van der Waals surface area contributed by atoms with Gasteiger partial charge in [0.1, 0.15) is 0 Å². The smallest absolute Gasteiger partial charge is 0.329 e. The van der Waals surface area contributed by atoms with Gasteiger partial charge in [0.25, 0.3) is 5.79 Å².